The highest BCUT2D eigenvalue weighted by molar-refractivity contribution is 9.10. The molecule has 0 aromatic heterocycles. The Labute approximate surface area is 209 Å². The molecule has 33 heavy (non-hydrogen) atoms. The maximum atomic E-state index is 10.8. The molecule has 0 bridgehead atoms. The lowest BCUT2D eigenvalue weighted by atomic mass is 10.1. The fourth-order valence-corrected chi connectivity index (χ4v) is 5.03. The standard InChI is InChI=1S/C25H32BrClN2O4/c1-17(2)15-32-22-8-19(14-29(3)7-6-18(13-29)12-28-25(30)31)9-23(11-22)33-16-20-4-5-21(27)10-24(20)26/h4-5,8-11,17-18,28H,6-7,12-16H2,1-3H3/p+1. The molecule has 0 spiro atoms. The summed E-state index contributed by atoms with van der Waals surface area (Å²) in [6.45, 7) is 8.60. The van der Waals surface area contributed by atoms with Gasteiger partial charge in [-0.05, 0) is 30.2 Å². The van der Waals surface area contributed by atoms with E-state index >= 15 is 0 Å². The van der Waals surface area contributed by atoms with E-state index in [1.807, 2.05) is 24.3 Å². The van der Waals surface area contributed by atoms with Crippen LogP contribution in [0.2, 0.25) is 5.02 Å². The van der Waals surface area contributed by atoms with E-state index < -0.39 is 6.09 Å². The molecule has 0 saturated carbocycles. The van der Waals surface area contributed by atoms with Crippen LogP contribution < -0.4 is 14.8 Å². The number of nitrogens with one attached hydrogen (secondary N) is 1. The van der Waals surface area contributed by atoms with Crippen LogP contribution in [0.1, 0.15) is 31.4 Å². The van der Waals surface area contributed by atoms with E-state index in [0.29, 0.717) is 36.6 Å². The Morgan fingerprint density at radius 2 is 1.97 bits per heavy atom. The van der Waals surface area contributed by atoms with E-state index in [4.69, 9.17) is 26.2 Å². The number of benzene rings is 2. The van der Waals surface area contributed by atoms with Crippen molar-refractivity contribution in [3.63, 3.8) is 0 Å². The Balaban J connectivity index is 1.73. The molecule has 6 nitrogen and oxygen atoms in total. The molecule has 1 heterocycles. The Morgan fingerprint density at radius 1 is 1.24 bits per heavy atom. The van der Waals surface area contributed by atoms with Crippen LogP contribution in [0.5, 0.6) is 11.5 Å². The molecule has 1 aliphatic heterocycles. The predicted octanol–water partition coefficient (Wildman–Crippen LogP) is 5.95. The zero-order valence-corrected chi connectivity index (χ0v) is 21.8. The number of carbonyl (C=O) groups is 1. The van der Waals surface area contributed by atoms with Gasteiger partial charge < -0.3 is 24.4 Å². The maximum Gasteiger partial charge on any atom is 0.404 e. The molecule has 2 N–H and O–H groups in total. The number of hydrogen-bond acceptors (Lipinski definition) is 3. The molecule has 2 atom stereocenters. The highest BCUT2D eigenvalue weighted by Crippen LogP contribution is 2.30. The number of amides is 1. The second-order valence-electron chi connectivity index (χ2n) is 9.57. The summed E-state index contributed by atoms with van der Waals surface area (Å²) in [6.07, 6.45) is 0.0501. The largest absolute Gasteiger partial charge is 0.493 e. The third-order valence-corrected chi connectivity index (χ3v) is 6.79. The van der Waals surface area contributed by atoms with Crippen LogP contribution in [0.25, 0.3) is 0 Å². The fraction of sp³-hybridized carbons (Fsp3) is 0.480. The normalized spacial score (nSPS) is 20.1. The van der Waals surface area contributed by atoms with Crippen molar-refractivity contribution in [2.24, 2.45) is 11.8 Å². The maximum absolute atomic E-state index is 10.8. The molecule has 180 valence electrons. The lowest BCUT2D eigenvalue weighted by molar-refractivity contribution is -0.912. The van der Waals surface area contributed by atoms with E-state index in [1.165, 1.54) is 0 Å². The van der Waals surface area contributed by atoms with Gasteiger partial charge in [0.15, 0.2) is 0 Å². The van der Waals surface area contributed by atoms with Crippen molar-refractivity contribution in [2.75, 3.05) is 33.3 Å². The summed E-state index contributed by atoms with van der Waals surface area (Å²) in [5, 5.41) is 12.1. The third kappa shape index (κ3) is 8.09. The topological polar surface area (TPSA) is 67.8 Å². The van der Waals surface area contributed by atoms with Crippen molar-refractivity contribution >= 4 is 33.6 Å². The molecule has 1 amide bonds. The van der Waals surface area contributed by atoms with Crippen LogP contribution >= 0.6 is 27.5 Å². The van der Waals surface area contributed by atoms with Gasteiger partial charge in [-0.3, -0.25) is 0 Å². The molecule has 3 rings (SSSR count). The number of likely N-dealkylation sites (tertiary alicyclic amines) is 1. The summed E-state index contributed by atoms with van der Waals surface area (Å²) < 4.78 is 14.0. The van der Waals surface area contributed by atoms with E-state index in [1.54, 1.807) is 0 Å². The van der Waals surface area contributed by atoms with Gasteiger partial charge in [-0.1, -0.05) is 47.4 Å². The van der Waals surface area contributed by atoms with Crippen molar-refractivity contribution in [3.8, 4) is 11.5 Å². The monoisotopic (exact) mass is 539 g/mol. The molecule has 8 heteroatoms. The first-order valence-corrected chi connectivity index (χ1v) is 12.4. The Morgan fingerprint density at radius 3 is 2.64 bits per heavy atom. The van der Waals surface area contributed by atoms with Gasteiger partial charge in [0.2, 0.25) is 0 Å². The van der Waals surface area contributed by atoms with E-state index in [9.17, 15) is 4.79 Å². The van der Waals surface area contributed by atoms with Gasteiger partial charge in [-0.25, -0.2) is 4.79 Å². The second-order valence-corrected chi connectivity index (χ2v) is 10.9. The van der Waals surface area contributed by atoms with Gasteiger partial charge in [-0.2, -0.15) is 0 Å². The lowest BCUT2D eigenvalue weighted by Crippen LogP contribution is -2.41. The van der Waals surface area contributed by atoms with Gasteiger partial charge in [0, 0.05) is 45.6 Å². The molecule has 0 radical (unpaired) electrons. The molecule has 1 aliphatic rings. The van der Waals surface area contributed by atoms with Gasteiger partial charge >= 0.3 is 6.09 Å². The summed E-state index contributed by atoms with van der Waals surface area (Å²) in [4.78, 5) is 10.8. The first kappa shape index (κ1) is 25.7. The van der Waals surface area contributed by atoms with E-state index in [0.717, 1.165) is 57.6 Å². The highest BCUT2D eigenvalue weighted by atomic mass is 79.9. The van der Waals surface area contributed by atoms with Crippen LogP contribution in [-0.2, 0) is 13.2 Å². The molecule has 2 unspecified atom stereocenters. The van der Waals surface area contributed by atoms with Gasteiger partial charge in [0.05, 0.1) is 26.7 Å². The molecule has 0 aliphatic carbocycles. The third-order valence-electron chi connectivity index (χ3n) is 5.82. The summed E-state index contributed by atoms with van der Waals surface area (Å²) in [5.41, 5.74) is 2.16. The summed E-state index contributed by atoms with van der Waals surface area (Å²) in [5.74, 6) is 2.35. The average Bonchev–Trinajstić information content (AvgIpc) is 3.10. The van der Waals surface area contributed by atoms with E-state index in [2.05, 4.69) is 54.3 Å². The number of halogens is 2. The Kier molecular flexibility index (Phi) is 8.90. The molecular weight excluding hydrogens is 508 g/mol. The summed E-state index contributed by atoms with van der Waals surface area (Å²) >= 11 is 9.60. The highest BCUT2D eigenvalue weighted by Gasteiger charge is 2.35. The SMILES string of the molecule is CC(C)COc1cc(C[N+]2(C)CCC(CNC(=O)O)C2)cc(OCc2ccc(Cl)cc2Br)c1. The minimum absolute atomic E-state index is 0.351. The predicted molar refractivity (Wildman–Crippen MR) is 134 cm³/mol. The second kappa shape index (κ2) is 11.4. The number of quaternary nitrogens is 1. The number of ether oxygens (including phenoxy) is 2. The van der Waals surface area contributed by atoms with Crippen molar-refractivity contribution in [1.29, 1.82) is 0 Å². The van der Waals surface area contributed by atoms with Crippen molar-refractivity contribution < 1.29 is 23.9 Å². The van der Waals surface area contributed by atoms with Crippen LogP contribution in [0.4, 0.5) is 4.79 Å². The zero-order chi connectivity index (χ0) is 24.0. The Hall–Kier alpha value is -1.96. The summed E-state index contributed by atoms with van der Waals surface area (Å²) in [6, 6.07) is 11.8. The van der Waals surface area contributed by atoms with Crippen molar-refractivity contribution in [3.05, 3.63) is 57.0 Å². The number of rotatable bonds is 10. The van der Waals surface area contributed by atoms with E-state index in [-0.39, 0.29) is 0 Å². The summed E-state index contributed by atoms with van der Waals surface area (Å²) in [7, 11) is 2.23. The quantitative estimate of drug-likeness (QED) is 0.366. The van der Waals surface area contributed by atoms with Crippen molar-refractivity contribution in [1.82, 2.24) is 5.32 Å². The van der Waals surface area contributed by atoms with Gasteiger partial charge in [-0.15, -0.1) is 0 Å². The Bertz CT molecular complexity index is 971. The zero-order valence-electron chi connectivity index (χ0n) is 19.4. The van der Waals surface area contributed by atoms with Crippen LogP contribution in [0, 0.1) is 11.8 Å². The molecule has 2 aromatic carbocycles. The number of nitrogens with zero attached hydrogens (tertiary/aromatic N) is 1. The molecule has 1 saturated heterocycles. The van der Waals surface area contributed by atoms with Crippen LogP contribution in [0.3, 0.4) is 0 Å². The molecule has 2 aromatic rings. The number of hydrogen-bond donors (Lipinski definition) is 2. The van der Waals surface area contributed by atoms with Gasteiger partial charge in [0.1, 0.15) is 24.7 Å². The van der Waals surface area contributed by atoms with Crippen LogP contribution in [-0.4, -0.2) is 49.0 Å². The fourth-order valence-electron chi connectivity index (χ4n) is 4.23. The average molecular weight is 541 g/mol. The lowest BCUT2D eigenvalue weighted by Gasteiger charge is -2.30. The minimum atomic E-state index is -0.958. The minimum Gasteiger partial charge on any atom is -0.493 e. The van der Waals surface area contributed by atoms with Crippen LogP contribution in [0.15, 0.2) is 40.9 Å². The molecule has 1 fully saturated rings. The first-order chi connectivity index (χ1) is 15.6. The smallest absolute Gasteiger partial charge is 0.404 e. The first-order valence-electron chi connectivity index (χ1n) is 11.3. The number of carboxylic acid groups (broad SMARTS) is 1. The van der Waals surface area contributed by atoms with Crippen molar-refractivity contribution in [2.45, 2.75) is 33.4 Å². The molecular formula is C25H33BrClN2O4+. The van der Waals surface area contributed by atoms with Gasteiger partial charge in [0.25, 0.3) is 0 Å².